The van der Waals surface area contributed by atoms with Gasteiger partial charge in [-0.3, -0.25) is 9.69 Å². The zero-order valence-corrected chi connectivity index (χ0v) is 16.9. The summed E-state index contributed by atoms with van der Waals surface area (Å²) in [5.74, 6) is -0.0648. The average Bonchev–Trinajstić information content (AvgIpc) is 2.73. The quantitative estimate of drug-likeness (QED) is 0.400. The van der Waals surface area contributed by atoms with Gasteiger partial charge >= 0.3 is 5.97 Å². The summed E-state index contributed by atoms with van der Waals surface area (Å²) >= 11 is 0. The molecule has 1 saturated heterocycles. The van der Waals surface area contributed by atoms with Crippen molar-refractivity contribution in [3.8, 4) is 0 Å². The van der Waals surface area contributed by atoms with E-state index in [4.69, 9.17) is 9.57 Å². The summed E-state index contributed by atoms with van der Waals surface area (Å²) in [6.45, 7) is 5.43. The number of oxime groups is 1. The lowest BCUT2D eigenvalue weighted by Crippen LogP contribution is -2.40. The molecule has 1 aromatic rings. The van der Waals surface area contributed by atoms with Gasteiger partial charge in [-0.2, -0.15) is 0 Å². The van der Waals surface area contributed by atoms with Crippen LogP contribution in [0.4, 0.5) is 0 Å². The second kappa shape index (κ2) is 11.0. The normalized spacial score (nSPS) is 23.7. The van der Waals surface area contributed by atoms with Crippen molar-refractivity contribution < 1.29 is 14.4 Å². The van der Waals surface area contributed by atoms with Crippen molar-refractivity contribution in [2.24, 2.45) is 11.1 Å². The van der Waals surface area contributed by atoms with Crippen LogP contribution in [-0.4, -0.2) is 49.4 Å². The van der Waals surface area contributed by atoms with Gasteiger partial charge in [0.15, 0.2) is 0 Å². The van der Waals surface area contributed by atoms with Crippen molar-refractivity contribution in [1.29, 1.82) is 0 Å². The van der Waals surface area contributed by atoms with Gasteiger partial charge in [0.2, 0.25) is 0 Å². The van der Waals surface area contributed by atoms with E-state index in [-0.39, 0.29) is 11.9 Å². The van der Waals surface area contributed by atoms with Crippen LogP contribution < -0.4 is 0 Å². The van der Waals surface area contributed by atoms with Crippen LogP contribution in [0.1, 0.15) is 51.0 Å². The fourth-order valence-corrected chi connectivity index (χ4v) is 3.93. The van der Waals surface area contributed by atoms with E-state index in [1.807, 2.05) is 13.0 Å². The molecule has 0 radical (unpaired) electrons. The zero-order valence-electron chi connectivity index (χ0n) is 16.9. The Morgan fingerprint density at radius 3 is 2.86 bits per heavy atom. The predicted octanol–water partition coefficient (Wildman–Crippen LogP) is 4.29. The molecule has 0 spiro atoms. The molecule has 28 heavy (non-hydrogen) atoms. The molecule has 1 saturated carbocycles. The average molecular weight is 385 g/mol. The first-order valence-corrected chi connectivity index (χ1v) is 10.6. The topological polar surface area (TPSA) is 51.1 Å². The molecule has 5 nitrogen and oxygen atoms in total. The second-order valence-corrected chi connectivity index (χ2v) is 7.55. The van der Waals surface area contributed by atoms with Gasteiger partial charge in [-0.05, 0) is 69.2 Å². The summed E-state index contributed by atoms with van der Waals surface area (Å²) in [5.41, 5.74) is 3.58. The number of ether oxygens (including phenoxy) is 1. The van der Waals surface area contributed by atoms with E-state index in [9.17, 15) is 4.79 Å². The molecule has 2 aliphatic rings. The number of hydrogen-bond acceptors (Lipinski definition) is 5. The summed E-state index contributed by atoms with van der Waals surface area (Å²) in [6, 6.07) is 10.4. The number of nitrogens with zero attached hydrogens (tertiary/aromatic N) is 2. The first kappa shape index (κ1) is 20.6. The van der Waals surface area contributed by atoms with Crippen molar-refractivity contribution >= 4 is 17.8 Å². The standard InChI is InChI=1S/C23H32N2O3/c1-2-27-23(26)21-12-8-14-25(18-21)15-16-28-24-22-13-7-6-11-20(22)17-19-9-4-3-5-10-19/h3-5,9-10,17,21H,2,6-8,11-16,18H2,1H3/b20-17-,24-22+/t21-/m1/s1. The van der Waals surface area contributed by atoms with Gasteiger partial charge in [-0.25, -0.2) is 0 Å². The molecular weight excluding hydrogens is 352 g/mol. The number of hydrogen-bond donors (Lipinski definition) is 0. The lowest BCUT2D eigenvalue weighted by molar-refractivity contribution is -0.150. The number of benzene rings is 1. The Morgan fingerprint density at radius 2 is 2.04 bits per heavy atom. The Balaban J connectivity index is 1.49. The van der Waals surface area contributed by atoms with Crippen molar-refractivity contribution in [1.82, 2.24) is 4.90 Å². The zero-order chi connectivity index (χ0) is 19.6. The monoisotopic (exact) mass is 384 g/mol. The first-order valence-electron chi connectivity index (χ1n) is 10.6. The summed E-state index contributed by atoms with van der Waals surface area (Å²) in [5, 5.41) is 4.46. The van der Waals surface area contributed by atoms with Gasteiger partial charge in [0.25, 0.3) is 0 Å². The first-order chi connectivity index (χ1) is 13.8. The third-order valence-corrected chi connectivity index (χ3v) is 5.42. The lowest BCUT2D eigenvalue weighted by atomic mass is 9.91. The maximum absolute atomic E-state index is 12.0. The van der Waals surface area contributed by atoms with Crippen LogP contribution in [0.15, 0.2) is 41.1 Å². The Morgan fingerprint density at radius 1 is 1.21 bits per heavy atom. The summed E-state index contributed by atoms with van der Waals surface area (Å²) in [6.07, 6.45) is 8.60. The van der Waals surface area contributed by atoms with Gasteiger partial charge < -0.3 is 9.57 Å². The molecule has 0 N–H and O–H groups in total. The minimum Gasteiger partial charge on any atom is -0.466 e. The smallest absolute Gasteiger partial charge is 0.310 e. The molecule has 1 aromatic carbocycles. The van der Waals surface area contributed by atoms with E-state index in [0.29, 0.717) is 13.2 Å². The minimum absolute atomic E-state index is 0.00114. The molecule has 3 rings (SSSR count). The Labute approximate surface area is 168 Å². The van der Waals surface area contributed by atoms with Gasteiger partial charge in [0.05, 0.1) is 18.2 Å². The third kappa shape index (κ3) is 6.20. The van der Waals surface area contributed by atoms with E-state index in [0.717, 1.165) is 51.0 Å². The number of esters is 1. The molecular formula is C23H32N2O3. The maximum atomic E-state index is 12.0. The minimum atomic E-state index is -0.0636. The van der Waals surface area contributed by atoms with Crippen LogP contribution in [0.2, 0.25) is 0 Å². The molecule has 1 aliphatic heterocycles. The van der Waals surface area contributed by atoms with Gasteiger partial charge in [-0.1, -0.05) is 35.5 Å². The van der Waals surface area contributed by atoms with Gasteiger partial charge in [-0.15, -0.1) is 0 Å². The number of rotatable bonds is 7. The van der Waals surface area contributed by atoms with Crippen LogP contribution in [0.5, 0.6) is 0 Å². The molecule has 0 bridgehead atoms. The van der Waals surface area contributed by atoms with E-state index < -0.39 is 0 Å². The Kier molecular flexibility index (Phi) is 8.09. The van der Waals surface area contributed by atoms with Crippen LogP contribution in [0, 0.1) is 5.92 Å². The number of carbonyl (C=O) groups is 1. The highest BCUT2D eigenvalue weighted by atomic mass is 16.6. The van der Waals surface area contributed by atoms with Crippen LogP contribution in [0.25, 0.3) is 6.08 Å². The van der Waals surface area contributed by atoms with Gasteiger partial charge in [0.1, 0.15) is 6.61 Å². The lowest BCUT2D eigenvalue weighted by Gasteiger charge is -2.30. The highest BCUT2D eigenvalue weighted by molar-refractivity contribution is 6.03. The largest absolute Gasteiger partial charge is 0.466 e. The fraction of sp³-hybridized carbons (Fsp3) is 0.565. The second-order valence-electron chi connectivity index (χ2n) is 7.55. The van der Waals surface area contributed by atoms with Crippen LogP contribution in [0.3, 0.4) is 0 Å². The van der Waals surface area contributed by atoms with E-state index in [1.54, 1.807) is 0 Å². The summed E-state index contributed by atoms with van der Waals surface area (Å²) in [7, 11) is 0. The third-order valence-electron chi connectivity index (χ3n) is 5.42. The molecule has 1 aliphatic carbocycles. The van der Waals surface area contributed by atoms with E-state index >= 15 is 0 Å². The number of allylic oxidation sites excluding steroid dienone is 1. The van der Waals surface area contributed by atoms with Crippen molar-refractivity contribution in [2.45, 2.75) is 45.4 Å². The SMILES string of the molecule is CCOC(=O)[C@@H]1CCCN(CCO/N=C2\CCCC\C2=C\c2ccccc2)C1. The molecule has 2 fully saturated rings. The maximum Gasteiger partial charge on any atom is 0.310 e. The molecule has 0 amide bonds. The predicted molar refractivity (Wildman–Crippen MR) is 112 cm³/mol. The van der Waals surface area contributed by atoms with E-state index in [1.165, 1.54) is 24.0 Å². The molecule has 1 atom stereocenters. The summed E-state index contributed by atoms with van der Waals surface area (Å²) < 4.78 is 5.17. The van der Waals surface area contributed by atoms with Crippen molar-refractivity contribution in [2.75, 3.05) is 32.8 Å². The Hall–Kier alpha value is -2.14. The highest BCUT2D eigenvalue weighted by Crippen LogP contribution is 2.24. The molecule has 1 heterocycles. The van der Waals surface area contributed by atoms with Crippen LogP contribution >= 0.6 is 0 Å². The van der Waals surface area contributed by atoms with E-state index in [2.05, 4.69) is 40.4 Å². The number of likely N-dealkylation sites (tertiary alicyclic amines) is 1. The number of piperidine rings is 1. The van der Waals surface area contributed by atoms with Gasteiger partial charge in [0, 0.05) is 13.1 Å². The summed E-state index contributed by atoms with van der Waals surface area (Å²) in [4.78, 5) is 19.9. The Bertz CT molecular complexity index is 684. The molecule has 5 heteroatoms. The molecule has 0 unspecified atom stereocenters. The van der Waals surface area contributed by atoms with Crippen molar-refractivity contribution in [3.63, 3.8) is 0 Å². The highest BCUT2D eigenvalue weighted by Gasteiger charge is 2.26. The van der Waals surface area contributed by atoms with Crippen LogP contribution in [-0.2, 0) is 14.4 Å². The number of carbonyl (C=O) groups excluding carboxylic acids is 1. The molecule has 152 valence electrons. The fourth-order valence-electron chi connectivity index (χ4n) is 3.93. The van der Waals surface area contributed by atoms with Crippen molar-refractivity contribution in [3.05, 3.63) is 41.5 Å². The molecule has 0 aromatic heterocycles.